The molecule has 4 heteroatoms. The second-order valence-corrected chi connectivity index (χ2v) is 6.21. The monoisotopic (exact) mass is 296 g/mol. The normalized spacial score (nSPS) is 30.4. The van der Waals surface area contributed by atoms with Crippen LogP contribution in [0.4, 0.5) is 0 Å². The second-order valence-electron chi connectivity index (χ2n) is 5.35. The van der Waals surface area contributed by atoms with Crippen molar-refractivity contribution in [2.45, 2.75) is 39.2 Å². The molecule has 0 bridgehead atoms. The van der Waals surface area contributed by atoms with E-state index in [4.69, 9.17) is 0 Å². The summed E-state index contributed by atoms with van der Waals surface area (Å²) >= 11 is 3.46. The van der Waals surface area contributed by atoms with Gasteiger partial charge in [0.15, 0.2) is 5.78 Å². The van der Waals surface area contributed by atoms with Crippen LogP contribution in [-0.4, -0.2) is 15.6 Å². The van der Waals surface area contributed by atoms with E-state index in [0.29, 0.717) is 5.78 Å². The third kappa shape index (κ3) is 1.96. The van der Waals surface area contributed by atoms with Crippen LogP contribution in [0.2, 0.25) is 0 Å². The maximum atomic E-state index is 12.5. The highest BCUT2D eigenvalue weighted by molar-refractivity contribution is 9.10. The number of ketones is 1. The first-order chi connectivity index (χ1) is 8.20. The molecule has 17 heavy (non-hydrogen) atoms. The summed E-state index contributed by atoms with van der Waals surface area (Å²) in [4.78, 5) is 12.5. The largest absolute Gasteiger partial charge is 0.292 e. The van der Waals surface area contributed by atoms with Gasteiger partial charge in [0.2, 0.25) is 0 Å². The summed E-state index contributed by atoms with van der Waals surface area (Å²) in [6.07, 6.45) is 6.32. The van der Waals surface area contributed by atoms with E-state index in [-0.39, 0.29) is 5.92 Å². The lowest BCUT2D eigenvalue weighted by atomic mass is 9.96. The van der Waals surface area contributed by atoms with E-state index < -0.39 is 0 Å². The highest BCUT2D eigenvalue weighted by atomic mass is 79.9. The molecular formula is C13H17BrN2O. The first-order valence-electron chi connectivity index (χ1n) is 6.46. The zero-order valence-electron chi connectivity index (χ0n) is 10.0. The first kappa shape index (κ1) is 11.5. The van der Waals surface area contributed by atoms with Gasteiger partial charge in [0.1, 0.15) is 5.69 Å². The van der Waals surface area contributed by atoms with Crippen LogP contribution in [0.25, 0.3) is 0 Å². The topological polar surface area (TPSA) is 34.9 Å². The molecule has 2 unspecified atom stereocenters. The van der Waals surface area contributed by atoms with Crippen molar-refractivity contribution in [3.05, 3.63) is 16.4 Å². The number of hydrogen-bond acceptors (Lipinski definition) is 2. The molecule has 92 valence electrons. The van der Waals surface area contributed by atoms with E-state index in [2.05, 4.69) is 28.0 Å². The fraction of sp³-hybridized carbons (Fsp3) is 0.692. The molecule has 3 rings (SSSR count). The molecule has 1 aromatic rings. The first-order valence-corrected chi connectivity index (χ1v) is 7.25. The van der Waals surface area contributed by atoms with Crippen LogP contribution in [0.15, 0.2) is 10.7 Å². The maximum absolute atomic E-state index is 12.5. The summed E-state index contributed by atoms with van der Waals surface area (Å²) < 4.78 is 2.72. The van der Waals surface area contributed by atoms with E-state index in [1.165, 1.54) is 6.42 Å². The van der Waals surface area contributed by atoms with Gasteiger partial charge in [0.05, 0.1) is 10.7 Å². The summed E-state index contributed by atoms with van der Waals surface area (Å²) in [5.74, 6) is 2.26. The summed E-state index contributed by atoms with van der Waals surface area (Å²) in [6, 6.07) is 0. The van der Waals surface area contributed by atoms with Crippen molar-refractivity contribution < 1.29 is 4.79 Å². The van der Waals surface area contributed by atoms with Crippen LogP contribution in [0.3, 0.4) is 0 Å². The Hall–Kier alpha value is -0.640. The van der Waals surface area contributed by atoms with Gasteiger partial charge in [-0.2, -0.15) is 5.10 Å². The fourth-order valence-electron chi connectivity index (χ4n) is 3.11. The summed E-state index contributed by atoms with van der Waals surface area (Å²) in [7, 11) is 0. The van der Waals surface area contributed by atoms with Gasteiger partial charge in [-0.25, -0.2) is 0 Å². The SMILES string of the molecule is CCCn1ncc(Br)c1C(=O)C1CC2CC2C1. The van der Waals surface area contributed by atoms with Crippen molar-refractivity contribution in [3.8, 4) is 0 Å². The molecule has 2 aliphatic carbocycles. The van der Waals surface area contributed by atoms with Gasteiger partial charge in [0, 0.05) is 12.5 Å². The van der Waals surface area contributed by atoms with Crippen LogP contribution in [0.1, 0.15) is 43.1 Å². The molecule has 1 heterocycles. The molecule has 0 aromatic carbocycles. The summed E-state index contributed by atoms with van der Waals surface area (Å²) in [5, 5.41) is 4.28. The Kier molecular flexibility index (Phi) is 2.85. The Morgan fingerprint density at radius 1 is 1.47 bits per heavy atom. The predicted molar refractivity (Wildman–Crippen MR) is 68.9 cm³/mol. The van der Waals surface area contributed by atoms with E-state index in [9.17, 15) is 4.79 Å². The Labute approximate surface area is 110 Å². The Bertz CT molecular complexity index is 444. The number of nitrogens with zero attached hydrogens (tertiary/aromatic N) is 2. The minimum Gasteiger partial charge on any atom is -0.292 e. The highest BCUT2D eigenvalue weighted by Crippen LogP contribution is 2.55. The number of aromatic nitrogens is 2. The quantitative estimate of drug-likeness (QED) is 0.799. The van der Waals surface area contributed by atoms with Crippen LogP contribution in [-0.2, 0) is 6.54 Å². The molecule has 0 aliphatic heterocycles. The minimum atomic E-state index is 0.252. The standard InChI is InChI=1S/C13H17BrN2O/c1-2-3-16-12(11(14)7-15-16)13(17)10-5-8-4-9(8)6-10/h7-10H,2-6H2,1H3. The zero-order chi connectivity index (χ0) is 12.0. The smallest absolute Gasteiger partial charge is 0.185 e. The van der Waals surface area contributed by atoms with Gasteiger partial charge in [-0.3, -0.25) is 9.48 Å². The van der Waals surface area contributed by atoms with E-state index in [1.807, 2.05) is 4.68 Å². The predicted octanol–water partition coefficient (Wildman–Crippen LogP) is 3.28. The summed E-state index contributed by atoms with van der Waals surface area (Å²) in [5.41, 5.74) is 0.790. The molecule has 2 atom stereocenters. The number of halogens is 1. The average Bonchev–Trinajstić information content (AvgIpc) is 2.75. The molecule has 2 saturated carbocycles. The van der Waals surface area contributed by atoms with Crippen molar-refractivity contribution in [2.24, 2.45) is 17.8 Å². The number of aryl methyl sites for hydroxylation is 1. The highest BCUT2D eigenvalue weighted by Gasteiger charge is 2.48. The van der Waals surface area contributed by atoms with Gasteiger partial charge in [0.25, 0.3) is 0 Å². The molecule has 0 N–H and O–H groups in total. The lowest BCUT2D eigenvalue weighted by molar-refractivity contribution is 0.0902. The Morgan fingerprint density at radius 3 is 2.82 bits per heavy atom. The molecular weight excluding hydrogens is 280 g/mol. The number of fused-ring (bicyclic) bond motifs is 1. The number of Topliss-reactive ketones (excluding diaryl/α,β-unsaturated/α-hetero) is 1. The van der Waals surface area contributed by atoms with E-state index in [1.54, 1.807) is 6.20 Å². The van der Waals surface area contributed by atoms with Crippen LogP contribution in [0, 0.1) is 17.8 Å². The van der Waals surface area contributed by atoms with Crippen molar-refractivity contribution in [2.75, 3.05) is 0 Å². The van der Waals surface area contributed by atoms with Crippen molar-refractivity contribution in [3.63, 3.8) is 0 Å². The third-order valence-corrected chi connectivity index (χ3v) is 4.66. The number of hydrogen-bond donors (Lipinski definition) is 0. The van der Waals surface area contributed by atoms with Crippen LogP contribution >= 0.6 is 15.9 Å². The van der Waals surface area contributed by atoms with E-state index >= 15 is 0 Å². The maximum Gasteiger partial charge on any atom is 0.185 e. The van der Waals surface area contributed by atoms with Crippen LogP contribution in [0.5, 0.6) is 0 Å². The molecule has 2 aliphatic rings. The summed E-state index contributed by atoms with van der Waals surface area (Å²) in [6.45, 7) is 2.93. The van der Waals surface area contributed by atoms with Crippen molar-refractivity contribution in [1.82, 2.24) is 9.78 Å². The third-order valence-electron chi connectivity index (χ3n) is 4.08. The van der Waals surface area contributed by atoms with Crippen molar-refractivity contribution in [1.29, 1.82) is 0 Å². The van der Waals surface area contributed by atoms with Gasteiger partial charge in [-0.15, -0.1) is 0 Å². The van der Waals surface area contributed by atoms with Crippen molar-refractivity contribution >= 4 is 21.7 Å². The Balaban J connectivity index is 1.82. The Morgan fingerprint density at radius 2 is 2.18 bits per heavy atom. The molecule has 2 fully saturated rings. The molecule has 1 aromatic heterocycles. The van der Waals surface area contributed by atoms with Gasteiger partial charge in [-0.1, -0.05) is 6.92 Å². The number of carbonyl (C=O) groups excluding carboxylic acids is 1. The van der Waals surface area contributed by atoms with Gasteiger partial charge < -0.3 is 0 Å². The van der Waals surface area contributed by atoms with Crippen LogP contribution < -0.4 is 0 Å². The minimum absolute atomic E-state index is 0.252. The molecule has 3 nitrogen and oxygen atoms in total. The number of rotatable bonds is 4. The lowest BCUT2D eigenvalue weighted by Gasteiger charge is -2.12. The second kappa shape index (κ2) is 4.23. The number of carbonyl (C=O) groups is 1. The van der Waals surface area contributed by atoms with Gasteiger partial charge >= 0.3 is 0 Å². The average molecular weight is 297 g/mol. The molecule has 0 amide bonds. The fourth-order valence-corrected chi connectivity index (χ4v) is 3.60. The lowest BCUT2D eigenvalue weighted by Crippen LogP contribution is -2.18. The molecule has 0 saturated heterocycles. The zero-order valence-corrected chi connectivity index (χ0v) is 11.6. The van der Waals surface area contributed by atoms with Gasteiger partial charge in [-0.05, 0) is 53.4 Å². The van der Waals surface area contributed by atoms with E-state index in [0.717, 1.165) is 47.8 Å². The molecule has 0 spiro atoms. The molecule has 0 radical (unpaired) electrons.